The number of nitrogens with zero attached hydrogens (tertiary/aromatic N) is 1. The molecule has 3 rings (SSSR count). The molecular formula is C19H19NO4. The average molecular weight is 325 g/mol. The Morgan fingerprint density at radius 3 is 2.25 bits per heavy atom. The third-order valence-corrected chi connectivity index (χ3v) is 4.04. The third kappa shape index (κ3) is 3.16. The number of para-hydroxylation sites is 1. The van der Waals surface area contributed by atoms with E-state index in [0.717, 1.165) is 5.56 Å². The Kier molecular flexibility index (Phi) is 4.87. The summed E-state index contributed by atoms with van der Waals surface area (Å²) >= 11 is 0. The lowest BCUT2D eigenvalue weighted by Gasteiger charge is -2.23. The summed E-state index contributed by atoms with van der Waals surface area (Å²) in [4.78, 5) is 4.61. The molecule has 0 bridgehead atoms. The summed E-state index contributed by atoms with van der Waals surface area (Å²) in [6.45, 7) is -0.632. The van der Waals surface area contributed by atoms with E-state index in [4.69, 9.17) is 5.11 Å². The van der Waals surface area contributed by atoms with E-state index in [1.165, 1.54) is 0 Å². The van der Waals surface area contributed by atoms with Crippen LogP contribution in [0.4, 0.5) is 0 Å². The zero-order valence-corrected chi connectivity index (χ0v) is 12.9. The molecule has 0 spiro atoms. The third-order valence-electron chi connectivity index (χ3n) is 4.04. The molecule has 0 amide bonds. The quantitative estimate of drug-likeness (QED) is 0.572. The number of aliphatic hydroxyl groups excluding tert-OH is 4. The van der Waals surface area contributed by atoms with E-state index in [-0.39, 0.29) is 0 Å². The molecule has 0 radical (unpaired) electrons. The molecule has 0 saturated heterocycles. The number of hydrogen-bond acceptors (Lipinski definition) is 5. The number of hydrogen-bond donors (Lipinski definition) is 4. The number of fused-ring (bicyclic) bond motifs is 1. The number of rotatable bonds is 5. The van der Waals surface area contributed by atoms with Gasteiger partial charge in [0.25, 0.3) is 0 Å². The van der Waals surface area contributed by atoms with Gasteiger partial charge in [-0.15, -0.1) is 0 Å². The summed E-state index contributed by atoms with van der Waals surface area (Å²) in [5.41, 5.74) is 2.68. The van der Waals surface area contributed by atoms with Crippen molar-refractivity contribution in [2.75, 3.05) is 6.61 Å². The predicted molar refractivity (Wildman–Crippen MR) is 91.2 cm³/mol. The van der Waals surface area contributed by atoms with E-state index >= 15 is 0 Å². The molecule has 0 aliphatic rings. The predicted octanol–water partition coefficient (Wildman–Crippen LogP) is 1.65. The maximum atomic E-state index is 10.5. The summed E-state index contributed by atoms with van der Waals surface area (Å²) in [5, 5.41) is 39.9. The normalized spacial score (nSPS) is 15.2. The van der Waals surface area contributed by atoms with Gasteiger partial charge < -0.3 is 20.4 Å². The average Bonchev–Trinajstić information content (AvgIpc) is 2.66. The van der Waals surface area contributed by atoms with E-state index in [9.17, 15) is 15.3 Å². The lowest BCUT2D eigenvalue weighted by molar-refractivity contribution is -0.0772. The van der Waals surface area contributed by atoms with Crippen molar-refractivity contribution in [2.45, 2.75) is 18.3 Å². The molecule has 1 aromatic heterocycles. The molecule has 4 N–H and O–H groups in total. The van der Waals surface area contributed by atoms with Gasteiger partial charge in [-0.25, -0.2) is 4.98 Å². The fourth-order valence-corrected chi connectivity index (χ4v) is 2.71. The van der Waals surface area contributed by atoms with E-state index in [1.54, 1.807) is 12.1 Å². The molecule has 5 nitrogen and oxygen atoms in total. The Hall–Kier alpha value is -2.31. The minimum Gasteiger partial charge on any atom is -0.394 e. The SMILES string of the molecule is OC[C@@H](O)[C@@H](O)[C@@H](O)c1cc(-c2ccccc2)nc2ccccc12. The molecule has 2 aromatic carbocycles. The van der Waals surface area contributed by atoms with Gasteiger partial charge in [-0.2, -0.15) is 0 Å². The maximum Gasteiger partial charge on any atom is 0.112 e. The lowest BCUT2D eigenvalue weighted by atomic mass is 9.95. The van der Waals surface area contributed by atoms with Crippen LogP contribution in [0.15, 0.2) is 60.7 Å². The van der Waals surface area contributed by atoms with E-state index < -0.39 is 24.9 Å². The number of benzene rings is 2. The second-order valence-electron chi connectivity index (χ2n) is 5.67. The van der Waals surface area contributed by atoms with Gasteiger partial charge in [-0.05, 0) is 17.7 Å². The summed E-state index contributed by atoms with van der Waals surface area (Å²) in [6, 6.07) is 18.5. The molecule has 0 aliphatic carbocycles. The number of pyridine rings is 1. The first-order valence-electron chi connectivity index (χ1n) is 7.72. The van der Waals surface area contributed by atoms with Gasteiger partial charge in [0, 0.05) is 10.9 Å². The largest absolute Gasteiger partial charge is 0.394 e. The van der Waals surface area contributed by atoms with E-state index in [2.05, 4.69) is 4.98 Å². The fraction of sp³-hybridized carbons (Fsp3) is 0.211. The van der Waals surface area contributed by atoms with E-state index in [0.29, 0.717) is 22.2 Å². The van der Waals surface area contributed by atoms with Crippen molar-refractivity contribution in [3.63, 3.8) is 0 Å². The maximum absolute atomic E-state index is 10.5. The highest BCUT2D eigenvalue weighted by molar-refractivity contribution is 5.85. The van der Waals surface area contributed by atoms with Gasteiger partial charge in [0.15, 0.2) is 0 Å². The van der Waals surface area contributed by atoms with Crippen molar-refractivity contribution in [3.8, 4) is 11.3 Å². The van der Waals surface area contributed by atoms with Crippen molar-refractivity contribution in [3.05, 3.63) is 66.2 Å². The van der Waals surface area contributed by atoms with Crippen molar-refractivity contribution < 1.29 is 20.4 Å². The smallest absolute Gasteiger partial charge is 0.112 e. The Bertz CT molecular complexity index is 822. The van der Waals surface area contributed by atoms with E-state index in [1.807, 2.05) is 48.5 Å². The minimum atomic E-state index is -1.50. The minimum absolute atomic E-state index is 0.458. The van der Waals surface area contributed by atoms with Crippen LogP contribution < -0.4 is 0 Å². The molecule has 3 atom stereocenters. The number of aliphatic hydroxyl groups is 4. The highest BCUT2D eigenvalue weighted by Crippen LogP contribution is 2.30. The molecule has 24 heavy (non-hydrogen) atoms. The summed E-state index contributed by atoms with van der Waals surface area (Å²) in [6.07, 6.45) is -4.26. The molecule has 1 heterocycles. The number of aromatic nitrogens is 1. The zero-order chi connectivity index (χ0) is 17.1. The molecule has 124 valence electrons. The van der Waals surface area contributed by atoms with Gasteiger partial charge in [0.05, 0.1) is 17.8 Å². The molecule has 0 saturated carbocycles. The van der Waals surface area contributed by atoms with Crippen LogP contribution in [0.1, 0.15) is 11.7 Å². The van der Waals surface area contributed by atoms with Crippen LogP contribution in [-0.2, 0) is 0 Å². The van der Waals surface area contributed by atoms with Gasteiger partial charge in [-0.1, -0.05) is 48.5 Å². The van der Waals surface area contributed by atoms with Crippen molar-refractivity contribution >= 4 is 10.9 Å². The van der Waals surface area contributed by atoms with Crippen LogP contribution >= 0.6 is 0 Å². The molecule has 0 fully saturated rings. The van der Waals surface area contributed by atoms with Crippen LogP contribution in [0.2, 0.25) is 0 Å². The summed E-state index contributed by atoms with van der Waals surface area (Å²) in [7, 11) is 0. The second kappa shape index (κ2) is 7.07. The topological polar surface area (TPSA) is 93.8 Å². The molecule has 0 aliphatic heterocycles. The Balaban J connectivity index is 2.15. The molecule has 5 heteroatoms. The first-order valence-corrected chi connectivity index (χ1v) is 7.72. The fourth-order valence-electron chi connectivity index (χ4n) is 2.71. The highest BCUT2D eigenvalue weighted by Gasteiger charge is 2.27. The second-order valence-corrected chi connectivity index (χ2v) is 5.67. The van der Waals surface area contributed by atoms with Crippen molar-refractivity contribution in [1.82, 2.24) is 4.98 Å². The molecule has 3 aromatic rings. The lowest BCUT2D eigenvalue weighted by Crippen LogP contribution is -2.34. The first kappa shape index (κ1) is 16.5. The van der Waals surface area contributed by atoms with Gasteiger partial charge >= 0.3 is 0 Å². The van der Waals surface area contributed by atoms with Crippen molar-refractivity contribution in [2.24, 2.45) is 0 Å². The Labute approximate surface area is 139 Å². The van der Waals surface area contributed by atoms with Crippen LogP contribution in [0.3, 0.4) is 0 Å². The van der Waals surface area contributed by atoms with Gasteiger partial charge in [0.1, 0.15) is 18.3 Å². The standard InChI is InChI=1S/C19H19NO4/c21-11-17(22)19(24)18(23)14-10-16(12-6-2-1-3-7-12)20-15-9-5-4-8-13(14)15/h1-10,17-19,21-24H,11H2/t17-,18+,19-/m1/s1. The molecular weight excluding hydrogens is 306 g/mol. The highest BCUT2D eigenvalue weighted by atomic mass is 16.4. The van der Waals surface area contributed by atoms with Crippen molar-refractivity contribution in [1.29, 1.82) is 0 Å². The zero-order valence-electron chi connectivity index (χ0n) is 12.9. The monoisotopic (exact) mass is 325 g/mol. The molecule has 0 unspecified atom stereocenters. The van der Waals surface area contributed by atoms with Crippen LogP contribution in [0.25, 0.3) is 22.2 Å². The van der Waals surface area contributed by atoms with Gasteiger partial charge in [-0.3, -0.25) is 0 Å². The summed E-state index contributed by atoms with van der Waals surface area (Å²) < 4.78 is 0. The Morgan fingerprint density at radius 2 is 1.54 bits per heavy atom. The van der Waals surface area contributed by atoms with Gasteiger partial charge in [0.2, 0.25) is 0 Å². The first-order chi connectivity index (χ1) is 11.6. The van der Waals surface area contributed by atoms with Crippen LogP contribution in [0.5, 0.6) is 0 Å². The Morgan fingerprint density at radius 1 is 0.875 bits per heavy atom. The summed E-state index contributed by atoms with van der Waals surface area (Å²) in [5.74, 6) is 0. The van der Waals surface area contributed by atoms with Crippen LogP contribution in [-0.4, -0.2) is 44.2 Å². The van der Waals surface area contributed by atoms with Crippen LogP contribution in [0, 0.1) is 0 Å².